The molecule has 126 valence electrons. The lowest BCUT2D eigenvalue weighted by Gasteiger charge is -2.07. The maximum absolute atomic E-state index is 12.2. The van der Waals surface area contributed by atoms with Gasteiger partial charge in [-0.3, -0.25) is 14.8 Å². The second kappa shape index (κ2) is 6.94. The molecule has 0 bridgehead atoms. The summed E-state index contributed by atoms with van der Waals surface area (Å²) in [6.07, 6.45) is 6.42. The predicted octanol–water partition coefficient (Wildman–Crippen LogP) is 3.46. The molecule has 7 nitrogen and oxygen atoms in total. The molecule has 26 heavy (non-hydrogen) atoms. The molecular weight excluding hydrogens is 330 g/mol. The van der Waals surface area contributed by atoms with Crippen LogP contribution in [-0.2, 0) is 0 Å². The van der Waals surface area contributed by atoms with Crippen molar-refractivity contribution < 1.29 is 9.53 Å². The summed E-state index contributed by atoms with van der Waals surface area (Å²) in [7, 11) is 0. The zero-order valence-corrected chi connectivity index (χ0v) is 13.5. The van der Waals surface area contributed by atoms with Crippen molar-refractivity contribution in [1.29, 1.82) is 0 Å². The van der Waals surface area contributed by atoms with E-state index < -0.39 is 0 Å². The molecule has 3 aromatic heterocycles. The van der Waals surface area contributed by atoms with Crippen molar-refractivity contribution >= 4 is 22.8 Å². The van der Waals surface area contributed by atoms with Crippen LogP contribution in [0, 0.1) is 0 Å². The number of hydrogen-bond donors (Lipinski definition) is 1. The van der Waals surface area contributed by atoms with E-state index in [1.54, 1.807) is 73.3 Å². The standard InChI is InChI=1S/C19H13N5O2/c25-19(23-14-2-1-9-20-12-14)13-3-5-15(6-4-13)26-17-8-7-16-18(24-17)22-11-10-21-16/h1-12H,(H,23,25). The Kier molecular flexibility index (Phi) is 4.17. The van der Waals surface area contributed by atoms with Crippen molar-refractivity contribution in [2.75, 3.05) is 5.32 Å². The van der Waals surface area contributed by atoms with Crippen molar-refractivity contribution in [1.82, 2.24) is 19.9 Å². The molecular formula is C19H13N5O2. The number of nitrogens with zero attached hydrogens (tertiary/aromatic N) is 4. The third-order valence-electron chi connectivity index (χ3n) is 3.56. The van der Waals surface area contributed by atoms with Gasteiger partial charge in [0, 0.05) is 30.2 Å². The summed E-state index contributed by atoms with van der Waals surface area (Å²) in [5, 5.41) is 2.78. The molecule has 3 heterocycles. The summed E-state index contributed by atoms with van der Waals surface area (Å²) in [6.45, 7) is 0. The van der Waals surface area contributed by atoms with Gasteiger partial charge in [0.05, 0.1) is 11.9 Å². The molecule has 0 saturated carbocycles. The Bertz CT molecular complexity index is 1050. The van der Waals surface area contributed by atoms with Gasteiger partial charge in [-0.15, -0.1) is 0 Å². The van der Waals surface area contributed by atoms with E-state index in [-0.39, 0.29) is 5.91 Å². The monoisotopic (exact) mass is 343 g/mol. The number of aromatic nitrogens is 4. The predicted molar refractivity (Wildman–Crippen MR) is 96.0 cm³/mol. The van der Waals surface area contributed by atoms with E-state index in [1.165, 1.54) is 0 Å². The zero-order chi connectivity index (χ0) is 17.8. The van der Waals surface area contributed by atoms with Gasteiger partial charge in [-0.1, -0.05) is 0 Å². The van der Waals surface area contributed by atoms with Crippen molar-refractivity contribution in [3.05, 3.63) is 78.9 Å². The van der Waals surface area contributed by atoms with Gasteiger partial charge in [-0.25, -0.2) is 4.98 Å². The van der Waals surface area contributed by atoms with Gasteiger partial charge in [0.1, 0.15) is 11.3 Å². The molecule has 0 spiro atoms. The summed E-state index contributed by atoms with van der Waals surface area (Å²) in [4.78, 5) is 28.8. The number of benzene rings is 1. The fourth-order valence-corrected chi connectivity index (χ4v) is 2.33. The van der Waals surface area contributed by atoms with Gasteiger partial charge < -0.3 is 10.1 Å². The Labute approximate surface area is 148 Å². The topological polar surface area (TPSA) is 89.9 Å². The SMILES string of the molecule is O=C(Nc1cccnc1)c1ccc(Oc2ccc3nccnc3n2)cc1. The van der Waals surface area contributed by atoms with Crippen LogP contribution in [-0.4, -0.2) is 25.8 Å². The minimum Gasteiger partial charge on any atom is -0.439 e. The first-order valence-electron chi connectivity index (χ1n) is 7.85. The second-order valence-corrected chi connectivity index (χ2v) is 5.37. The van der Waals surface area contributed by atoms with Crippen LogP contribution in [0.25, 0.3) is 11.2 Å². The molecule has 0 aliphatic carbocycles. The number of nitrogens with one attached hydrogen (secondary N) is 1. The first kappa shape index (κ1) is 15.6. The molecule has 1 aromatic carbocycles. The number of rotatable bonds is 4. The fourth-order valence-electron chi connectivity index (χ4n) is 2.33. The van der Waals surface area contributed by atoms with Crippen molar-refractivity contribution in [3.63, 3.8) is 0 Å². The highest BCUT2D eigenvalue weighted by Gasteiger charge is 2.07. The molecule has 1 amide bonds. The van der Waals surface area contributed by atoms with E-state index in [0.29, 0.717) is 34.0 Å². The van der Waals surface area contributed by atoms with Crippen LogP contribution in [0.4, 0.5) is 5.69 Å². The first-order chi connectivity index (χ1) is 12.8. The van der Waals surface area contributed by atoms with Crippen molar-refractivity contribution in [3.8, 4) is 11.6 Å². The van der Waals surface area contributed by atoms with Gasteiger partial charge in [-0.05, 0) is 42.5 Å². The second-order valence-electron chi connectivity index (χ2n) is 5.37. The number of fused-ring (bicyclic) bond motifs is 1. The molecule has 1 N–H and O–H groups in total. The first-order valence-corrected chi connectivity index (χ1v) is 7.85. The Morgan fingerprint density at radius 1 is 0.923 bits per heavy atom. The Balaban J connectivity index is 1.47. The van der Waals surface area contributed by atoms with Crippen LogP contribution in [0.5, 0.6) is 11.6 Å². The van der Waals surface area contributed by atoms with Gasteiger partial charge in [0.2, 0.25) is 5.88 Å². The molecule has 0 aliphatic rings. The molecule has 7 heteroatoms. The number of anilines is 1. The normalized spacial score (nSPS) is 10.5. The lowest BCUT2D eigenvalue weighted by molar-refractivity contribution is 0.102. The quantitative estimate of drug-likeness (QED) is 0.610. The van der Waals surface area contributed by atoms with Gasteiger partial charge in [0.15, 0.2) is 5.65 Å². The summed E-state index contributed by atoms with van der Waals surface area (Å²) in [5.74, 6) is 0.757. The average molecular weight is 343 g/mol. The zero-order valence-electron chi connectivity index (χ0n) is 13.5. The van der Waals surface area contributed by atoms with Crippen molar-refractivity contribution in [2.45, 2.75) is 0 Å². The third kappa shape index (κ3) is 3.46. The van der Waals surface area contributed by atoms with E-state index in [9.17, 15) is 4.79 Å². The highest BCUT2D eigenvalue weighted by molar-refractivity contribution is 6.04. The summed E-state index contributed by atoms with van der Waals surface area (Å²) in [6, 6.07) is 13.8. The van der Waals surface area contributed by atoms with Gasteiger partial charge in [-0.2, -0.15) is 4.98 Å². The van der Waals surface area contributed by atoms with E-state index in [4.69, 9.17) is 4.74 Å². The average Bonchev–Trinajstić information content (AvgIpc) is 2.69. The summed E-state index contributed by atoms with van der Waals surface area (Å²) < 4.78 is 5.72. The molecule has 4 aromatic rings. The van der Waals surface area contributed by atoms with E-state index in [1.807, 2.05) is 0 Å². The number of pyridine rings is 2. The molecule has 4 rings (SSSR count). The highest BCUT2D eigenvalue weighted by Crippen LogP contribution is 2.21. The third-order valence-corrected chi connectivity index (χ3v) is 3.56. The van der Waals surface area contributed by atoms with E-state index >= 15 is 0 Å². The minimum absolute atomic E-state index is 0.219. The smallest absolute Gasteiger partial charge is 0.255 e. The lowest BCUT2D eigenvalue weighted by Crippen LogP contribution is -2.11. The minimum atomic E-state index is -0.219. The summed E-state index contributed by atoms with van der Waals surface area (Å²) >= 11 is 0. The molecule has 0 saturated heterocycles. The largest absolute Gasteiger partial charge is 0.439 e. The number of ether oxygens (including phenoxy) is 1. The van der Waals surface area contributed by atoms with Crippen LogP contribution in [0.2, 0.25) is 0 Å². The van der Waals surface area contributed by atoms with Crippen LogP contribution >= 0.6 is 0 Å². The van der Waals surface area contributed by atoms with Crippen LogP contribution in [0.1, 0.15) is 10.4 Å². The lowest BCUT2D eigenvalue weighted by atomic mass is 10.2. The van der Waals surface area contributed by atoms with Gasteiger partial charge in [0.25, 0.3) is 5.91 Å². The Hall–Kier alpha value is -3.87. The van der Waals surface area contributed by atoms with Gasteiger partial charge >= 0.3 is 0 Å². The Morgan fingerprint density at radius 3 is 2.58 bits per heavy atom. The maximum atomic E-state index is 12.2. The van der Waals surface area contributed by atoms with E-state index in [2.05, 4.69) is 25.3 Å². The highest BCUT2D eigenvalue weighted by atomic mass is 16.5. The number of carbonyl (C=O) groups excluding carboxylic acids is 1. The summed E-state index contributed by atoms with van der Waals surface area (Å²) in [5.41, 5.74) is 2.36. The molecule has 0 fully saturated rings. The molecule has 0 unspecified atom stereocenters. The van der Waals surface area contributed by atoms with Crippen LogP contribution in [0.15, 0.2) is 73.3 Å². The Morgan fingerprint density at radius 2 is 1.77 bits per heavy atom. The van der Waals surface area contributed by atoms with E-state index in [0.717, 1.165) is 0 Å². The van der Waals surface area contributed by atoms with Crippen molar-refractivity contribution in [2.24, 2.45) is 0 Å². The molecule has 0 aliphatic heterocycles. The molecule has 0 atom stereocenters. The maximum Gasteiger partial charge on any atom is 0.255 e. The number of amides is 1. The molecule has 0 radical (unpaired) electrons. The number of carbonyl (C=O) groups is 1. The van der Waals surface area contributed by atoms with Crippen LogP contribution < -0.4 is 10.1 Å². The fraction of sp³-hybridized carbons (Fsp3) is 0. The van der Waals surface area contributed by atoms with Crippen LogP contribution in [0.3, 0.4) is 0 Å². The number of hydrogen-bond acceptors (Lipinski definition) is 6.